The predicted octanol–water partition coefficient (Wildman–Crippen LogP) is 3.91. The van der Waals surface area contributed by atoms with Crippen LogP contribution in [-0.4, -0.2) is 17.2 Å². The van der Waals surface area contributed by atoms with E-state index in [1.54, 1.807) is 12.1 Å². The number of aryl methyl sites for hydroxylation is 1. The summed E-state index contributed by atoms with van der Waals surface area (Å²) in [5.74, 6) is -0.377. The van der Waals surface area contributed by atoms with Crippen LogP contribution < -0.4 is 4.74 Å². The summed E-state index contributed by atoms with van der Waals surface area (Å²) in [6.45, 7) is 0. The Hall–Kier alpha value is -1.81. The van der Waals surface area contributed by atoms with Crippen molar-refractivity contribution in [3.8, 4) is 5.75 Å². The number of hydrogen-bond donors (Lipinski definition) is 1. The number of aliphatic carboxylic acids is 1. The zero-order chi connectivity index (χ0) is 14.4. The fourth-order valence-corrected chi connectivity index (χ4v) is 2.12. The minimum atomic E-state index is -0.941. The number of halogens is 1. The molecule has 0 spiro atoms. The summed E-state index contributed by atoms with van der Waals surface area (Å²) in [7, 11) is 0. The lowest BCUT2D eigenvalue weighted by molar-refractivity contribution is -0.145. The highest BCUT2D eigenvalue weighted by Gasteiger charge is 2.19. The minimum Gasteiger partial charge on any atom is -0.479 e. The van der Waals surface area contributed by atoms with E-state index in [0.717, 1.165) is 10.0 Å². The number of carboxylic acid groups (broad SMARTS) is 1. The third-order valence-corrected chi connectivity index (χ3v) is 3.43. The van der Waals surface area contributed by atoms with E-state index in [1.165, 1.54) is 0 Å². The van der Waals surface area contributed by atoms with Crippen molar-refractivity contribution in [1.29, 1.82) is 0 Å². The van der Waals surface area contributed by atoms with Crippen LogP contribution in [0.15, 0.2) is 59.1 Å². The molecule has 0 aliphatic rings. The van der Waals surface area contributed by atoms with Gasteiger partial charge in [0.25, 0.3) is 0 Å². The molecule has 1 atom stereocenters. The van der Waals surface area contributed by atoms with Crippen LogP contribution in [-0.2, 0) is 11.2 Å². The maximum atomic E-state index is 11.3. The lowest BCUT2D eigenvalue weighted by atomic mass is 10.1. The molecule has 0 aromatic heterocycles. The molecule has 4 heteroatoms. The van der Waals surface area contributed by atoms with E-state index in [4.69, 9.17) is 4.74 Å². The second-order valence-corrected chi connectivity index (χ2v) is 5.34. The Bertz CT molecular complexity index is 552. The molecule has 0 fully saturated rings. The van der Waals surface area contributed by atoms with E-state index in [9.17, 15) is 9.90 Å². The Kier molecular flexibility index (Phi) is 5.18. The fraction of sp³-hybridized carbons (Fsp3) is 0.188. The number of rotatable bonds is 6. The molecular weight excluding hydrogens is 320 g/mol. The van der Waals surface area contributed by atoms with Gasteiger partial charge in [0.05, 0.1) is 0 Å². The molecule has 0 unspecified atom stereocenters. The first-order chi connectivity index (χ1) is 9.65. The molecule has 0 radical (unpaired) electrons. The van der Waals surface area contributed by atoms with Gasteiger partial charge in [0.1, 0.15) is 5.75 Å². The van der Waals surface area contributed by atoms with Crippen molar-refractivity contribution in [2.75, 3.05) is 0 Å². The van der Waals surface area contributed by atoms with Crippen LogP contribution in [0.4, 0.5) is 0 Å². The van der Waals surface area contributed by atoms with Gasteiger partial charge in [-0.3, -0.25) is 0 Å². The summed E-state index contributed by atoms with van der Waals surface area (Å²) >= 11 is 3.33. The van der Waals surface area contributed by atoms with Crippen LogP contribution in [0.5, 0.6) is 5.75 Å². The van der Waals surface area contributed by atoms with E-state index in [1.807, 2.05) is 42.5 Å². The first-order valence-corrected chi connectivity index (χ1v) is 7.13. The number of carboxylic acids is 1. The van der Waals surface area contributed by atoms with Crippen molar-refractivity contribution in [3.05, 3.63) is 64.6 Å². The highest BCUT2D eigenvalue weighted by molar-refractivity contribution is 9.10. The molecule has 2 aromatic carbocycles. The SMILES string of the molecule is O=C(O)[C@H](CCc1ccccc1)Oc1ccc(Br)cc1. The molecule has 0 saturated heterocycles. The summed E-state index contributed by atoms with van der Waals surface area (Å²) in [6.07, 6.45) is 0.278. The topological polar surface area (TPSA) is 46.5 Å². The summed E-state index contributed by atoms with van der Waals surface area (Å²) in [5.41, 5.74) is 1.11. The van der Waals surface area contributed by atoms with Crippen molar-refractivity contribution in [2.24, 2.45) is 0 Å². The zero-order valence-corrected chi connectivity index (χ0v) is 12.4. The van der Waals surface area contributed by atoms with Gasteiger partial charge >= 0.3 is 5.97 Å². The minimum absolute atomic E-state index is 0.440. The molecule has 0 aliphatic heterocycles. The third-order valence-electron chi connectivity index (χ3n) is 2.91. The first kappa shape index (κ1) is 14.6. The summed E-state index contributed by atoms with van der Waals surface area (Å²) < 4.78 is 6.46. The largest absolute Gasteiger partial charge is 0.479 e. The van der Waals surface area contributed by atoms with Gasteiger partial charge in [-0.15, -0.1) is 0 Å². The molecule has 3 nitrogen and oxygen atoms in total. The van der Waals surface area contributed by atoms with Gasteiger partial charge in [-0.1, -0.05) is 46.3 Å². The lowest BCUT2D eigenvalue weighted by Crippen LogP contribution is -2.27. The molecular formula is C16H15BrO3. The molecule has 20 heavy (non-hydrogen) atoms. The average molecular weight is 335 g/mol. The Morgan fingerprint density at radius 2 is 1.75 bits per heavy atom. The van der Waals surface area contributed by atoms with Crippen molar-refractivity contribution >= 4 is 21.9 Å². The smallest absolute Gasteiger partial charge is 0.344 e. The first-order valence-electron chi connectivity index (χ1n) is 6.34. The maximum Gasteiger partial charge on any atom is 0.344 e. The average Bonchev–Trinajstić information content (AvgIpc) is 2.46. The van der Waals surface area contributed by atoms with Gasteiger partial charge in [0.15, 0.2) is 6.10 Å². The Morgan fingerprint density at radius 3 is 2.35 bits per heavy atom. The van der Waals surface area contributed by atoms with Crippen molar-refractivity contribution < 1.29 is 14.6 Å². The monoisotopic (exact) mass is 334 g/mol. The van der Waals surface area contributed by atoms with Gasteiger partial charge < -0.3 is 9.84 Å². The molecule has 1 N–H and O–H groups in total. The van der Waals surface area contributed by atoms with E-state index in [-0.39, 0.29) is 0 Å². The molecule has 2 rings (SSSR count). The van der Waals surface area contributed by atoms with E-state index >= 15 is 0 Å². The molecule has 0 saturated carbocycles. The quantitative estimate of drug-likeness (QED) is 0.870. The Labute approximate surface area is 126 Å². The molecule has 0 bridgehead atoms. The van der Waals surface area contributed by atoms with Crippen LogP contribution in [0.1, 0.15) is 12.0 Å². The zero-order valence-electron chi connectivity index (χ0n) is 10.8. The van der Waals surface area contributed by atoms with Crippen molar-refractivity contribution in [3.63, 3.8) is 0 Å². The summed E-state index contributed by atoms with van der Waals surface area (Å²) in [4.78, 5) is 11.3. The number of benzene rings is 2. The Morgan fingerprint density at radius 1 is 1.10 bits per heavy atom. The fourth-order valence-electron chi connectivity index (χ4n) is 1.85. The van der Waals surface area contributed by atoms with E-state index < -0.39 is 12.1 Å². The van der Waals surface area contributed by atoms with Crippen LogP contribution in [0.2, 0.25) is 0 Å². The lowest BCUT2D eigenvalue weighted by Gasteiger charge is -2.15. The van der Waals surface area contributed by atoms with E-state index in [0.29, 0.717) is 18.6 Å². The maximum absolute atomic E-state index is 11.3. The summed E-state index contributed by atoms with van der Waals surface area (Å²) in [5, 5.41) is 9.23. The van der Waals surface area contributed by atoms with Crippen LogP contribution in [0.3, 0.4) is 0 Å². The van der Waals surface area contributed by atoms with Gasteiger partial charge in [-0.05, 0) is 42.7 Å². The molecule has 104 valence electrons. The second-order valence-electron chi connectivity index (χ2n) is 4.42. The Balaban J connectivity index is 1.97. The van der Waals surface area contributed by atoms with Crippen LogP contribution in [0.25, 0.3) is 0 Å². The van der Waals surface area contributed by atoms with Gasteiger partial charge in [-0.25, -0.2) is 4.79 Å². The van der Waals surface area contributed by atoms with E-state index in [2.05, 4.69) is 15.9 Å². The van der Waals surface area contributed by atoms with Gasteiger partial charge in [0.2, 0.25) is 0 Å². The highest BCUT2D eigenvalue weighted by Crippen LogP contribution is 2.19. The summed E-state index contributed by atoms with van der Waals surface area (Å²) in [6, 6.07) is 17.0. The van der Waals surface area contributed by atoms with Crippen LogP contribution >= 0.6 is 15.9 Å². The number of ether oxygens (including phenoxy) is 1. The van der Waals surface area contributed by atoms with Crippen molar-refractivity contribution in [1.82, 2.24) is 0 Å². The molecule has 0 aliphatic carbocycles. The van der Waals surface area contributed by atoms with Crippen molar-refractivity contribution in [2.45, 2.75) is 18.9 Å². The number of hydrogen-bond acceptors (Lipinski definition) is 2. The molecule has 0 amide bonds. The highest BCUT2D eigenvalue weighted by atomic mass is 79.9. The third kappa shape index (κ3) is 4.38. The number of carbonyl (C=O) groups is 1. The predicted molar refractivity (Wildman–Crippen MR) is 81.0 cm³/mol. The normalized spacial score (nSPS) is 11.8. The van der Waals surface area contributed by atoms with Crippen LogP contribution in [0, 0.1) is 0 Å². The van der Waals surface area contributed by atoms with Gasteiger partial charge in [0, 0.05) is 4.47 Å². The molecule has 2 aromatic rings. The molecule has 0 heterocycles. The standard InChI is InChI=1S/C16H15BrO3/c17-13-7-9-14(10-8-13)20-15(16(18)19)11-6-12-4-2-1-3-5-12/h1-5,7-10,15H,6,11H2,(H,18,19)/t15-/m0/s1. The van der Waals surface area contributed by atoms with Gasteiger partial charge in [-0.2, -0.15) is 0 Å². The second kappa shape index (κ2) is 7.10.